The van der Waals surface area contributed by atoms with Crippen LogP contribution >= 0.6 is 37.9 Å². The van der Waals surface area contributed by atoms with Gasteiger partial charge in [-0.15, -0.1) is 0 Å². The van der Waals surface area contributed by atoms with E-state index >= 15 is 0 Å². The van der Waals surface area contributed by atoms with Gasteiger partial charge in [0.2, 0.25) is 0 Å². The van der Waals surface area contributed by atoms with Gasteiger partial charge in [-0.25, -0.2) is 0 Å². The summed E-state index contributed by atoms with van der Waals surface area (Å²) >= 11 is 0. The minimum atomic E-state index is -3.96. The standard InChI is InChI=1S/C26H75N16P5/c1-25-26-42(24)47(40(20)21,41(22)23)30-43(27-44(31(2)3,32(4)5)33(6)7,28-45(34(8)9,35(10)11)36(12)13)29-46(37(14)15,38(16)17)39(18)19/h25,43H,1,26H2,2-24H3. The fourth-order valence-electron chi connectivity index (χ4n) is 6.39. The predicted octanol–water partition coefficient (Wildman–Crippen LogP) is 5.48. The maximum atomic E-state index is 6.18. The molecular formula is C26H75N16P5. The number of hydrogen-bond donors (Lipinski definition) is 0. The Hall–Kier alpha value is 0.610. The molecule has 0 rings (SSSR count). The monoisotopic (exact) mass is 767 g/mol. The normalized spacial score (nSPS) is 15.0. The molecule has 0 aliphatic carbocycles. The quantitative estimate of drug-likeness (QED) is 0.131. The van der Waals surface area contributed by atoms with Gasteiger partial charge in [-0.1, -0.05) is 0 Å². The molecular weight excluding hydrogens is 691 g/mol. The van der Waals surface area contributed by atoms with E-state index in [-0.39, 0.29) is 0 Å². The third kappa shape index (κ3) is 9.35. The van der Waals surface area contributed by atoms with Gasteiger partial charge in [0, 0.05) is 0 Å². The van der Waals surface area contributed by atoms with Crippen LogP contribution < -0.4 is 0 Å². The van der Waals surface area contributed by atoms with Crippen LogP contribution in [0.5, 0.6) is 0 Å². The molecule has 0 aromatic heterocycles. The third-order valence-electron chi connectivity index (χ3n) is 7.83. The first-order valence-electron chi connectivity index (χ1n) is 15.5. The molecule has 0 aromatic carbocycles. The van der Waals surface area contributed by atoms with E-state index < -0.39 is 37.9 Å². The first kappa shape index (κ1) is 47.6. The van der Waals surface area contributed by atoms with Gasteiger partial charge in [-0.3, -0.25) is 0 Å². The van der Waals surface area contributed by atoms with Crippen LogP contribution in [0.4, 0.5) is 0 Å². The van der Waals surface area contributed by atoms with E-state index in [1.807, 2.05) is 6.08 Å². The molecule has 0 bridgehead atoms. The van der Waals surface area contributed by atoms with Gasteiger partial charge in [0.15, 0.2) is 0 Å². The number of hydrogen-bond acceptors (Lipinski definition) is 4. The fourth-order valence-corrected chi connectivity index (χ4v) is 32.5. The summed E-state index contributed by atoms with van der Waals surface area (Å²) in [6, 6.07) is 0. The molecule has 0 saturated carbocycles. The molecule has 16 nitrogen and oxygen atoms in total. The van der Waals surface area contributed by atoms with Crippen LogP contribution in [0.3, 0.4) is 0 Å². The predicted molar refractivity (Wildman–Crippen MR) is 219 cm³/mol. The van der Waals surface area contributed by atoms with Crippen LogP contribution in [0, 0.1) is 0 Å². The van der Waals surface area contributed by atoms with Crippen molar-refractivity contribution < 1.29 is 0 Å². The van der Waals surface area contributed by atoms with Crippen molar-refractivity contribution in [2.75, 3.05) is 169 Å². The number of nitrogens with zero attached hydrogens (tertiary/aromatic N) is 16. The zero-order valence-electron chi connectivity index (χ0n) is 34.4. The molecule has 0 radical (unpaired) electrons. The van der Waals surface area contributed by atoms with Gasteiger partial charge in [-0.2, -0.15) is 0 Å². The van der Waals surface area contributed by atoms with E-state index in [1.165, 1.54) is 0 Å². The van der Waals surface area contributed by atoms with E-state index in [2.05, 4.69) is 225 Å². The number of rotatable bonds is 18. The SMILES string of the molecule is C=CCN(C)P(=N[PH](N=P(N(C)C)(N(C)C)N(C)C)(N=P(N(C)C)(N(C)C)N(C)C)N=P(N(C)C)(N(C)C)N(C)C)(N(C)C)N(C)C. The van der Waals surface area contributed by atoms with Gasteiger partial charge < -0.3 is 0 Å². The van der Waals surface area contributed by atoms with E-state index in [0.717, 1.165) is 0 Å². The zero-order valence-corrected chi connectivity index (χ0v) is 39.0. The molecule has 0 heterocycles. The van der Waals surface area contributed by atoms with Gasteiger partial charge in [0.25, 0.3) is 0 Å². The Morgan fingerprint density at radius 2 is 0.532 bits per heavy atom. The Labute approximate surface area is 292 Å². The van der Waals surface area contributed by atoms with Crippen molar-refractivity contribution in [1.29, 1.82) is 0 Å². The summed E-state index contributed by atoms with van der Waals surface area (Å²) in [5.41, 5.74) is 0. The summed E-state index contributed by atoms with van der Waals surface area (Å²) in [6.45, 7) is 4.75. The molecule has 0 spiro atoms. The molecule has 0 N–H and O–H groups in total. The van der Waals surface area contributed by atoms with Crippen LogP contribution in [-0.2, 0) is 0 Å². The summed E-state index contributed by atoms with van der Waals surface area (Å²) in [4.78, 5) is 0. The van der Waals surface area contributed by atoms with Crippen molar-refractivity contribution >= 4 is 37.9 Å². The van der Waals surface area contributed by atoms with Crippen LogP contribution in [0.1, 0.15) is 0 Å². The summed E-state index contributed by atoms with van der Waals surface area (Å²) in [5.74, 6) is 0. The first-order chi connectivity index (χ1) is 21.2. The van der Waals surface area contributed by atoms with E-state index in [4.69, 9.17) is 18.1 Å². The third-order valence-corrected chi connectivity index (χ3v) is 29.3. The van der Waals surface area contributed by atoms with Crippen molar-refractivity contribution in [1.82, 2.24) is 56.0 Å². The Bertz CT molecular complexity index is 1030. The summed E-state index contributed by atoms with van der Waals surface area (Å²) in [6.07, 6.45) is 1.94. The van der Waals surface area contributed by atoms with Crippen LogP contribution in [-0.4, -0.2) is 225 Å². The molecule has 0 unspecified atom stereocenters. The Balaban J connectivity index is 10.4. The summed E-state index contributed by atoms with van der Waals surface area (Å²) in [5, 5.41) is 0. The Kier molecular flexibility index (Phi) is 18.6. The van der Waals surface area contributed by atoms with Crippen molar-refractivity contribution in [3.63, 3.8) is 0 Å². The Morgan fingerprint density at radius 1 is 0.362 bits per heavy atom. The molecule has 284 valence electrons. The van der Waals surface area contributed by atoms with Gasteiger partial charge in [0.05, 0.1) is 0 Å². The minimum absolute atomic E-state index is 0.637. The van der Waals surface area contributed by atoms with E-state index in [9.17, 15) is 0 Å². The summed E-state index contributed by atoms with van der Waals surface area (Å²) in [7, 11) is 34.1. The first-order valence-corrected chi connectivity index (χ1v) is 23.7. The topological polar surface area (TPSA) is 88.3 Å². The van der Waals surface area contributed by atoms with Crippen LogP contribution in [0.15, 0.2) is 30.7 Å². The molecule has 0 aromatic rings. The second-order valence-electron chi connectivity index (χ2n) is 13.6. The van der Waals surface area contributed by atoms with Crippen molar-refractivity contribution in [2.24, 2.45) is 18.1 Å². The molecule has 0 aliphatic heterocycles. The van der Waals surface area contributed by atoms with Gasteiger partial charge >= 0.3 is 293 Å². The fraction of sp³-hybridized carbons (Fsp3) is 0.923. The van der Waals surface area contributed by atoms with Crippen molar-refractivity contribution in [2.45, 2.75) is 0 Å². The molecule has 0 fully saturated rings. The molecule has 0 saturated heterocycles. The average molecular weight is 767 g/mol. The van der Waals surface area contributed by atoms with Crippen LogP contribution in [0.2, 0.25) is 0 Å². The molecule has 21 heteroatoms. The average Bonchev–Trinajstić information content (AvgIpc) is 2.89. The summed E-state index contributed by atoms with van der Waals surface area (Å²) < 4.78 is 51.6. The second-order valence-corrected chi connectivity index (χ2v) is 31.8. The van der Waals surface area contributed by atoms with Gasteiger partial charge in [0.1, 0.15) is 0 Å². The molecule has 47 heavy (non-hydrogen) atoms. The van der Waals surface area contributed by atoms with Crippen molar-refractivity contribution in [3.05, 3.63) is 12.7 Å². The molecule has 0 aliphatic rings. The molecule has 0 atom stereocenters. The van der Waals surface area contributed by atoms with Crippen LogP contribution in [0.25, 0.3) is 0 Å². The Morgan fingerprint density at radius 3 is 0.681 bits per heavy atom. The van der Waals surface area contributed by atoms with Gasteiger partial charge in [-0.05, 0) is 0 Å². The second kappa shape index (κ2) is 18.4. The van der Waals surface area contributed by atoms with E-state index in [0.29, 0.717) is 6.54 Å². The number of likely N-dealkylation sites (N-methyl/N-ethyl adjacent to an activating group) is 1. The van der Waals surface area contributed by atoms with Crippen molar-refractivity contribution in [3.8, 4) is 0 Å². The molecule has 0 amide bonds. The maximum absolute atomic E-state index is 6.18. The zero-order chi connectivity index (χ0) is 37.7. The van der Waals surface area contributed by atoms with E-state index in [1.54, 1.807) is 0 Å².